The minimum absolute atomic E-state index is 0.350. The van der Waals surface area contributed by atoms with E-state index in [4.69, 9.17) is 4.74 Å². The molecule has 21 heavy (non-hydrogen) atoms. The van der Waals surface area contributed by atoms with E-state index in [2.05, 4.69) is 49.6 Å². The molecular formula is C13H25N7O. The van der Waals surface area contributed by atoms with Crippen LogP contribution in [0, 0.1) is 0 Å². The average Bonchev–Trinajstić information content (AvgIpc) is 2.48. The highest BCUT2D eigenvalue weighted by molar-refractivity contribution is 5.35. The van der Waals surface area contributed by atoms with Crippen molar-refractivity contribution in [2.75, 3.05) is 57.1 Å². The van der Waals surface area contributed by atoms with Gasteiger partial charge in [0.15, 0.2) is 0 Å². The van der Waals surface area contributed by atoms with Gasteiger partial charge in [0.05, 0.1) is 6.61 Å². The van der Waals surface area contributed by atoms with Gasteiger partial charge in [0, 0.05) is 32.7 Å². The van der Waals surface area contributed by atoms with E-state index in [1.54, 1.807) is 0 Å². The molecule has 0 spiro atoms. The third-order valence-electron chi connectivity index (χ3n) is 3.18. The number of piperazine rings is 1. The van der Waals surface area contributed by atoms with Crippen molar-refractivity contribution in [2.45, 2.75) is 20.3 Å². The summed E-state index contributed by atoms with van der Waals surface area (Å²) in [6.07, 6.45) is 1.01. The number of aromatic nitrogens is 3. The SMILES string of the molecule is CCCNc1nc(NN2CCN(C)CC2)nc(OCC)n1. The van der Waals surface area contributed by atoms with Crippen molar-refractivity contribution in [1.82, 2.24) is 24.9 Å². The fraction of sp³-hybridized carbons (Fsp3) is 0.769. The van der Waals surface area contributed by atoms with Gasteiger partial charge in [-0.3, -0.25) is 5.43 Å². The van der Waals surface area contributed by atoms with Crippen LogP contribution in [-0.2, 0) is 0 Å². The molecule has 0 radical (unpaired) electrons. The minimum Gasteiger partial charge on any atom is -0.464 e. The zero-order valence-electron chi connectivity index (χ0n) is 13.1. The highest BCUT2D eigenvalue weighted by Gasteiger charge is 2.15. The number of hydrazine groups is 1. The third-order valence-corrected chi connectivity index (χ3v) is 3.18. The highest BCUT2D eigenvalue weighted by atomic mass is 16.5. The van der Waals surface area contributed by atoms with E-state index >= 15 is 0 Å². The van der Waals surface area contributed by atoms with Crippen LogP contribution in [0.25, 0.3) is 0 Å². The van der Waals surface area contributed by atoms with Gasteiger partial charge in [0.1, 0.15) is 0 Å². The lowest BCUT2D eigenvalue weighted by molar-refractivity contribution is 0.177. The van der Waals surface area contributed by atoms with Crippen LogP contribution in [0.1, 0.15) is 20.3 Å². The molecule has 0 bridgehead atoms. The highest BCUT2D eigenvalue weighted by Crippen LogP contribution is 2.12. The molecule has 1 aromatic heterocycles. The number of ether oxygens (including phenoxy) is 1. The van der Waals surface area contributed by atoms with Crippen molar-refractivity contribution in [3.8, 4) is 6.01 Å². The lowest BCUT2D eigenvalue weighted by Gasteiger charge is -2.32. The monoisotopic (exact) mass is 295 g/mol. The fourth-order valence-electron chi connectivity index (χ4n) is 1.98. The maximum absolute atomic E-state index is 5.40. The van der Waals surface area contributed by atoms with Gasteiger partial charge in [-0.1, -0.05) is 6.92 Å². The Morgan fingerprint density at radius 3 is 2.43 bits per heavy atom. The molecule has 0 atom stereocenters. The number of hydrogen-bond donors (Lipinski definition) is 2. The van der Waals surface area contributed by atoms with E-state index in [0.717, 1.165) is 39.1 Å². The second-order valence-corrected chi connectivity index (χ2v) is 5.03. The first-order valence-electron chi connectivity index (χ1n) is 7.54. The van der Waals surface area contributed by atoms with Crippen molar-refractivity contribution < 1.29 is 4.74 Å². The molecule has 118 valence electrons. The van der Waals surface area contributed by atoms with Gasteiger partial charge in [-0.05, 0) is 20.4 Å². The molecule has 2 N–H and O–H groups in total. The number of nitrogens with one attached hydrogen (secondary N) is 2. The zero-order chi connectivity index (χ0) is 15.1. The molecule has 1 aliphatic rings. The molecule has 1 aromatic rings. The van der Waals surface area contributed by atoms with Crippen LogP contribution in [0.4, 0.5) is 11.9 Å². The lowest BCUT2D eigenvalue weighted by atomic mass is 10.4. The van der Waals surface area contributed by atoms with Gasteiger partial charge < -0.3 is 15.0 Å². The lowest BCUT2D eigenvalue weighted by Crippen LogP contribution is -2.47. The predicted octanol–water partition coefficient (Wildman–Crippen LogP) is 0.667. The van der Waals surface area contributed by atoms with Crippen molar-refractivity contribution in [3.05, 3.63) is 0 Å². The molecule has 1 aliphatic heterocycles. The summed E-state index contributed by atoms with van der Waals surface area (Å²) in [6, 6.07) is 0.350. The minimum atomic E-state index is 0.350. The van der Waals surface area contributed by atoms with Gasteiger partial charge in [-0.15, -0.1) is 0 Å². The van der Waals surface area contributed by atoms with Gasteiger partial charge in [-0.2, -0.15) is 15.0 Å². The summed E-state index contributed by atoms with van der Waals surface area (Å²) in [5.41, 5.74) is 3.24. The Morgan fingerprint density at radius 2 is 1.76 bits per heavy atom. The summed E-state index contributed by atoms with van der Waals surface area (Å²) in [6.45, 7) is 9.29. The Bertz CT molecular complexity index is 435. The van der Waals surface area contributed by atoms with Gasteiger partial charge in [0.25, 0.3) is 0 Å². The second kappa shape index (κ2) is 7.94. The molecule has 0 aromatic carbocycles. The molecule has 1 saturated heterocycles. The number of hydrogen-bond acceptors (Lipinski definition) is 8. The van der Waals surface area contributed by atoms with Crippen molar-refractivity contribution in [3.63, 3.8) is 0 Å². The topological polar surface area (TPSA) is 78.4 Å². The number of likely N-dealkylation sites (N-methyl/N-ethyl adjacent to an activating group) is 1. The summed E-state index contributed by atoms with van der Waals surface area (Å²) in [5.74, 6) is 1.07. The second-order valence-electron chi connectivity index (χ2n) is 5.03. The smallest absolute Gasteiger partial charge is 0.323 e. The molecule has 8 heteroatoms. The molecule has 0 saturated carbocycles. The Labute approximate surface area is 125 Å². The molecule has 0 aliphatic carbocycles. The van der Waals surface area contributed by atoms with Gasteiger partial charge in [0.2, 0.25) is 11.9 Å². The van der Waals surface area contributed by atoms with Crippen molar-refractivity contribution >= 4 is 11.9 Å². The fourth-order valence-corrected chi connectivity index (χ4v) is 1.98. The first kappa shape index (κ1) is 15.7. The summed E-state index contributed by atoms with van der Waals surface area (Å²) >= 11 is 0. The van der Waals surface area contributed by atoms with Gasteiger partial charge >= 0.3 is 6.01 Å². The zero-order valence-corrected chi connectivity index (χ0v) is 13.1. The molecule has 0 unspecified atom stereocenters. The van der Waals surface area contributed by atoms with Crippen LogP contribution in [0.2, 0.25) is 0 Å². The summed E-state index contributed by atoms with van der Waals surface area (Å²) in [7, 11) is 2.13. The third kappa shape index (κ3) is 4.98. The Kier molecular flexibility index (Phi) is 5.94. The van der Waals surface area contributed by atoms with Crippen LogP contribution >= 0.6 is 0 Å². The van der Waals surface area contributed by atoms with Crippen molar-refractivity contribution in [1.29, 1.82) is 0 Å². The molecule has 0 amide bonds. The molecular weight excluding hydrogens is 270 g/mol. The number of rotatable bonds is 7. The van der Waals surface area contributed by atoms with Crippen LogP contribution in [-0.4, -0.2) is 71.2 Å². The molecule has 2 heterocycles. The van der Waals surface area contributed by atoms with E-state index in [0.29, 0.717) is 24.5 Å². The first-order chi connectivity index (χ1) is 10.2. The van der Waals surface area contributed by atoms with E-state index in [-0.39, 0.29) is 0 Å². The first-order valence-corrected chi connectivity index (χ1v) is 7.54. The van der Waals surface area contributed by atoms with Crippen molar-refractivity contribution in [2.24, 2.45) is 0 Å². The predicted molar refractivity (Wildman–Crippen MR) is 82.5 cm³/mol. The van der Waals surface area contributed by atoms with E-state index in [1.165, 1.54) is 0 Å². The summed E-state index contributed by atoms with van der Waals surface area (Å²) in [4.78, 5) is 15.2. The van der Waals surface area contributed by atoms with Gasteiger partial charge in [-0.25, -0.2) is 5.01 Å². The molecule has 2 rings (SSSR count). The Morgan fingerprint density at radius 1 is 1.05 bits per heavy atom. The average molecular weight is 295 g/mol. The standard InChI is InChI=1S/C13H25N7O/c1-4-6-14-11-15-12(17-13(16-11)21-5-2)18-20-9-7-19(3)8-10-20/h4-10H2,1-3H3,(H2,14,15,16,17,18). The van der Waals surface area contributed by atoms with E-state index < -0.39 is 0 Å². The van der Waals surface area contributed by atoms with E-state index in [9.17, 15) is 0 Å². The van der Waals surface area contributed by atoms with Crippen LogP contribution < -0.4 is 15.5 Å². The van der Waals surface area contributed by atoms with E-state index in [1.807, 2.05) is 6.92 Å². The maximum Gasteiger partial charge on any atom is 0.323 e. The largest absolute Gasteiger partial charge is 0.464 e. The molecule has 8 nitrogen and oxygen atoms in total. The van der Waals surface area contributed by atoms with Crippen LogP contribution in [0.15, 0.2) is 0 Å². The summed E-state index contributed by atoms with van der Waals surface area (Å²) < 4.78 is 5.40. The number of anilines is 2. The maximum atomic E-state index is 5.40. The van der Waals surface area contributed by atoms with Crippen LogP contribution in [0.3, 0.4) is 0 Å². The molecule has 1 fully saturated rings. The van der Waals surface area contributed by atoms with Crippen LogP contribution in [0.5, 0.6) is 6.01 Å². The Balaban J connectivity index is 2.03. The summed E-state index contributed by atoms with van der Waals surface area (Å²) in [5, 5.41) is 5.29. The quantitative estimate of drug-likeness (QED) is 0.760. The Hall–Kier alpha value is -1.67. The normalized spacial score (nSPS) is 16.7. The number of nitrogens with zero attached hydrogens (tertiary/aromatic N) is 5.